The molecule has 0 radical (unpaired) electrons. The van der Waals surface area contributed by atoms with Gasteiger partial charge in [0.1, 0.15) is 18.6 Å². The van der Waals surface area contributed by atoms with Crippen molar-refractivity contribution in [1.82, 2.24) is 0 Å². The molecular weight excluding hydrogens is 240 g/mol. The maximum atomic E-state index is 10.6. The van der Waals surface area contributed by atoms with Gasteiger partial charge in [0.2, 0.25) is 5.43 Å². The van der Waals surface area contributed by atoms with Gasteiger partial charge in [0.05, 0.1) is 0 Å². The third-order valence-corrected chi connectivity index (χ3v) is 1.85. The van der Waals surface area contributed by atoms with E-state index in [1.807, 2.05) is 0 Å². The summed E-state index contributed by atoms with van der Waals surface area (Å²) in [5.41, 5.74) is -0.546. The summed E-state index contributed by atoms with van der Waals surface area (Å²) in [6.45, 7) is -0.338. The van der Waals surface area contributed by atoms with Crippen molar-refractivity contribution in [2.45, 2.75) is 6.61 Å². The molecule has 0 aromatic carbocycles. The lowest BCUT2D eigenvalue weighted by Crippen LogP contribution is -1.99. The van der Waals surface area contributed by atoms with Crippen LogP contribution in [0.2, 0.25) is 0 Å². The summed E-state index contributed by atoms with van der Waals surface area (Å²) in [6.07, 6.45) is 5.91. The minimum Gasteiger partial charge on any atom is -0.502 e. The number of rotatable bonds is 1. The van der Waals surface area contributed by atoms with Gasteiger partial charge in [-0.15, -0.1) is 0 Å². The monoisotopic (exact) mass is 250 g/mol. The first-order valence-electron chi connectivity index (χ1n) is 4.88. The van der Waals surface area contributed by atoms with E-state index in [1.165, 1.54) is 24.3 Å². The largest absolute Gasteiger partial charge is 0.502 e. The predicted octanol–water partition coefficient (Wildman–Crippen LogP) is 0.0883. The van der Waals surface area contributed by atoms with Crippen molar-refractivity contribution in [3.63, 3.8) is 0 Å². The van der Waals surface area contributed by atoms with Crippen LogP contribution in [0.4, 0.5) is 0 Å². The summed E-state index contributed by atoms with van der Waals surface area (Å²) in [4.78, 5) is 31.1. The van der Waals surface area contributed by atoms with Crippen LogP contribution in [0.1, 0.15) is 5.76 Å². The van der Waals surface area contributed by atoms with Crippen molar-refractivity contribution in [3.05, 3.63) is 52.6 Å². The quantitative estimate of drug-likeness (QED) is 0.684. The first-order chi connectivity index (χ1) is 8.52. The van der Waals surface area contributed by atoms with Gasteiger partial charge in [-0.3, -0.25) is 14.4 Å². The van der Waals surface area contributed by atoms with E-state index in [1.54, 1.807) is 0 Å². The molecule has 0 bridgehead atoms. The molecule has 0 amide bonds. The zero-order valence-corrected chi connectivity index (χ0v) is 9.20. The highest BCUT2D eigenvalue weighted by atomic mass is 16.4. The molecule has 0 unspecified atom stereocenters. The minimum atomic E-state index is -0.546. The fraction of sp³-hybridized carbons (Fsp3) is 0.0833. The van der Waals surface area contributed by atoms with Gasteiger partial charge in [-0.1, -0.05) is 0 Å². The number of carbonyl (C=O) groups is 2. The van der Waals surface area contributed by atoms with Crippen molar-refractivity contribution < 1.29 is 24.2 Å². The molecule has 0 saturated carbocycles. The van der Waals surface area contributed by atoms with Crippen molar-refractivity contribution >= 4 is 11.6 Å². The lowest BCUT2D eigenvalue weighted by molar-refractivity contribution is -0.113. The topological polar surface area (TPSA) is 105 Å². The number of aliphatic hydroxyl groups is 1. The van der Waals surface area contributed by atoms with Gasteiger partial charge in [-0.05, 0) is 24.3 Å². The second-order valence-electron chi connectivity index (χ2n) is 3.23. The van der Waals surface area contributed by atoms with Crippen LogP contribution >= 0.6 is 0 Å². The fourth-order valence-corrected chi connectivity index (χ4v) is 0.966. The van der Waals surface area contributed by atoms with E-state index < -0.39 is 11.2 Å². The summed E-state index contributed by atoms with van der Waals surface area (Å²) in [5, 5.41) is 17.1. The Morgan fingerprint density at radius 2 is 1.50 bits per heavy atom. The van der Waals surface area contributed by atoms with E-state index in [-0.39, 0.29) is 23.9 Å². The van der Waals surface area contributed by atoms with Crippen LogP contribution in [0, 0.1) is 0 Å². The smallest absolute Gasteiger partial charge is 0.226 e. The lowest BCUT2D eigenvalue weighted by Gasteiger charge is -1.92. The molecule has 0 atom stereocenters. The maximum absolute atomic E-state index is 10.6. The van der Waals surface area contributed by atoms with Crippen LogP contribution in [0.5, 0.6) is 5.75 Å². The van der Waals surface area contributed by atoms with Crippen LogP contribution in [-0.4, -0.2) is 21.8 Å². The molecule has 1 heterocycles. The molecule has 18 heavy (non-hydrogen) atoms. The summed E-state index contributed by atoms with van der Waals surface area (Å²) < 4.78 is 4.59. The molecule has 1 aromatic rings. The van der Waals surface area contributed by atoms with Crippen molar-refractivity contribution in [1.29, 1.82) is 0 Å². The van der Waals surface area contributed by atoms with Crippen LogP contribution in [0.15, 0.2) is 45.8 Å². The standard InChI is InChI=1S/C6H6O4.C6H4O2/c7-2-4-1-5(8)6(9)3-10-4;7-5-1-2-6(8)4-3-5/h1,3,7,9H,2H2;1-4H. The van der Waals surface area contributed by atoms with Gasteiger partial charge in [0.15, 0.2) is 17.3 Å². The van der Waals surface area contributed by atoms with Crippen molar-refractivity contribution in [2.75, 3.05) is 0 Å². The molecule has 0 fully saturated rings. The molecule has 0 aliphatic heterocycles. The SMILES string of the molecule is O=C1C=CC(=O)C=C1.O=c1cc(CO)occ1O. The summed E-state index contributed by atoms with van der Waals surface area (Å²) in [7, 11) is 0. The number of allylic oxidation sites excluding steroid dienone is 4. The highest BCUT2D eigenvalue weighted by Crippen LogP contribution is 2.01. The Hall–Kier alpha value is -2.47. The Labute approximate surface area is 101 Å². The molecule has 2 rings (SSSR count). The average Bonchev–Trinajstić information content (AvgIpc) is 2.37. The Bertz CT molecular complexity index is 526. The molecule has 6 heteroatoms. The Morgan fingerprint density at radius 3 is 1.89 bits per heavy atom. The van der Waals surface area contributed by atoms with Crippen molar-refractivity contribution in [2.24, 2.45) is 0 Å². The van der Waals surface area contributed by atoms with E-state index in [0.29, 0.717) is 0 Å². The first kappa shape index (κ1) is 13.6. The van der Waals surface area contributed by atoms with Gasteiger partial charge in [-0.25, -0.2) is 0 Å². The molecule has 1 aromatic heterocycles. The number of ketones is 2. The normalized spacial score (nSPS) is 13.2. The summed E-state index contributed by atoms with van der Waals surface area (Å²) in [5.74, 6) is -0.547. The highest BCUT2D eigenvalue weighted by molar-refractivity contribution is 6.14. The van der Waals surface area contributed by atoms with E-state index in [2.05, 4.69) is 4.42 Å². The van der Waals surface area contributed by atoms with Gasteiger partial charge in [0, 0.05) is 6.07 Å². The van der Waals surface area contributed by atoms with Gasteiger partial charge in [0.25, 0.3) is 0 Å². The van der Waals surface area contributed by atoms with Crippen LogP contribution in [-0.2, 0) is 16.2 Å². The zero-order chi connectivity index (χ0) is 13.5. The Balaban J connectivity index is 0.000000184. The van der Waals surface area contributed by atoms with Gasteiger partial charge >= 0.3 is 0 Å². The summed E-state index contributed by atoms with van der Waals surface area (Å²) in [6, 6.07) is 1.04. The number of hydrogen-bond donors (Lipinski definition) is 2. The second-order valence-corrected chi connectivity index (χ2v) is 3.23. The molecule has 1 aliphatic rings. The number of aliphatic hydroxyl groups excluding tert-OH is 1. The van der Waals surface area contributed by atoms with E-state index >= 15 is 0 Å². The fourth-order valence-electron chi connectivity index (χ4n) is 0.966. The van der Waals surface area contributed by atoms with E-state index in [0.717, 1.165) is 12.3 Å². The summed E-state index contributed by atoms with van der Waals surface area (Å²) >= 11 is 0. The Morgan fingerprint density at radius 1 is 1.00 bits per heavy atom. The minimum absolute atomic E-state index is 0.121. The van der Waals surface area contributed by atoms with Crippen LogP contribution in [0.3, 0.4) is 0 Å². The second kappa shape index (κ2) is 6.31. The number of hydrogen-bond acceptors (Lipinski definition) is 6. The van der Waals surface area contributed by atoms with Gasteiger partial charge in [-0.2, -0.15) is 0 Å². The van der Waals surface area contributed by atoms with Crippen LogP contribution in [0.25, 0.3) is 0 Å². The maximum Gasteiger partial charge on any atom is 0.226 e. The number of carbonyl (C=O) groups excluding carboxylic acids is 2. The molecule has 2 N–H and O–H groups in total. The Kier molecular flexibility index (Phi) is 4.77. The first-order valence-corrected chi connectivity index (χ1v) is 4.88. The average molecular weight is 250 g/mol. The predicted molar refractivity (Wildman–Crippen MR) is 60.9 cm³/mol. The zero-order valence-electron chi connectivity index (χ0n) is 9.20. The molecule has 6 nitrogen and oxygen atoms in total. The van der Waals surface area contributed by atoms with Crippen molar-refractivity contribution in [3.8, 4) is 5.75 Å². The van der Waals surface area contributed by atoms with E-state index in [9.17, 15) is 14.4 Å². The molecular formula is C12H10O6. The van der Waals surface area contributed by atoms with Crippen LogP contribution < -0.4 is 5.43 Å². The third-order valence-electron chi connectivity index (χ3n) is 1.85. The molecule has 94 valence electrons. The van der Waals surface area contributed by atoms with Gasteiger partial charge < -0.3 is 14.6 Å². The third kappa shape index (κ3) is 4.18. The number of aromatic hydroxyl groups is 1. The van der Waals surface area contributed by atoms with E-state index in [4.69, 9.17) is 10.2 Å². The lowest BCUT2D eigenvalue weighted by atomic mass is 10.2. The highest BCUT2D eigenvalue weighted by Gasteiger charge is 1.98. The molecule has 0 spiro atoms. The molecule has 0 saturated heterocycles. The molecule has 1 aliphatic carbocycles.